The lowest BCUT2D eigenvalue weighted by molar-refractivity contribution is 0.102. The molecule has 1 N–H and O–H groups in total. The molecule has 0 atom stereocenters. The number of tetrazole rings is 1. The largest absolute Gasteiger partial charge is 0.298 e. The van der Waals surface area contributed by atoms with Crippen LogP contribution in [0.25, 0.3) is 16.9 Å². The van der Waals surface area contributed by atoms with E-state index in [2.05, 4.69) is 38.0 Å². The third-order valence-corrected chi connectivity index (χ3v) is 5.36. The number of nitrogens with one attached hydrogen (secondary N) is 1. The Balaban J connectivity index is 1.55. The molecule has 0 aliphatic heterocycles. The molecule has 0 aliphatic rings. The molecule has 0 radical (unpaired) electrons. The third-order valence-electron chi connectivity index (χ3n) is 3.85. The maximum Gasteiger partial charge on any atom is 0.259 e. The molecule has 2 aromatic heterocycles. The van der Waals surface area contributed by atoms with E-state index in [1.54, 1.807) is 30.0 Å². The normalized spacial score (nSPS) is 10.7. The first-order valence-corrected chi connectivity index (χ1v) is 10.1. The fraction of sp³-hybridized carbons (Fsp3) is 0.0556. The van der Waals surface area contributed by atoms with Crippen molar-refractivity contribution < 1.29 is 4.79 Å². The number of benzene rings is 2. The topological polar surface area (TPSA) is 85.6 Å². The van der Waals surface area contributed by atoms with Gasteiger partial charge in [0.2, 0.25) is 0 Å². The Labute approximate surface area is 163 Å². The molecule has 0 saturated heterocycles. The summed E-state index contributed by atoms with van der Waals surface area (Å²) in [6.45, 7) is 0. The van der Waals surface area contributed by atoms with Crippen LogP contribution in [0.2, 0.25) is 0 Å². The van der Waals surface area contributed by atoms with Crippen LogP contribution in [-0.4, -0.2) is 37.4 Å². The van der Waals surface area contributed by atoms with E-state index in [0.717, 1.165) is 11.3 Å². The van der Waals surface area contributed by atoms with Gasteiger partial charge >= 0.3 is 0 Å². The number of para-hydroxylation sites is 1. The van der Waals surface area contributed by atoms with Crippen LogP contribution in [-0.2, 0) is 0 Å². The Kier molecular flexibility index (Phi) is 4.95. The number of thioether (sulfide) groups is 1. The second kappa shape index (κ2) is 7.68. The standard InChI is InChI=1S/C18H14N6OS2/c1-26-13-8-6-12(7-9-13)15-10-27-18(20-15)21-17(25)14-4-2-3-5-16(14)24-11-19-22-23-24/h2-11H,1H3,(H,20,21,25). The summed E-state index contributed by atoms with van der Waals surface area (Å²) < 4.78 is 1.45. The van der Waals surface area contributed by atoms with Crippen LogP contribution in [0, 0.1) is 0 Å². The van der Waals surface area contributed by atoms with Crippen LogP contribution >= 0.6 is 23.1 Å². The van der Waals surface area contributed by atoms with Gasteiger partial charge in [-0.25, -0.2) is 4.98 Å². The maximum absolute atomic E-state index is 12.7. The average molecular weight is 394 g/mol. The SMILES string of the molecule is CSc1ccc(-c2csc(NC(=O)c3ccccc3-n3cnnn3)n2)cc1. The molecule has 2 heterocycles. The molecular weight excluding hydrogens is 380 g/mol. The zero-order valence-electron chi connectivity index (χ0n) is 14.2. The number of nitrogens with zero attached hydrogens (tertiary/aromatic N) is 5. The molecule has 9 heteroatoms. The summed E-state index contributed by atoms with van der Waals surface area (Å²) in [7, 11) is 0. The highest BCUT2D eigenvalue weighted by molar-refractivity contribution is 7.98. The van der Waals surface area contributed by atoms with Crippen LogP contribution in [0.3, 0.4) is 0 Å². The van der Waals surface area contributed by atoms with Crippen LogP contribution < -0.4 is 5.32 Å². The number of aromatic nitrogens is 5. The molecule has 0 bridgehead atoms. The van der Waals surface area contributed by atoms with Crippen molar-refractivity contribution in [2.45, 2.75) is 4.90 Å². The molecule has 4 rings (SSSR count). The van der Waals surface area contributed by atoms with Crippen LogP contribution in [0.1, 0.15) is 10.4 Å². The number of thiazole rings is 1. The van der Waals surface area contributed by atoms with E-state index in [9.17, 15) is 4.79 Å². The molecule has 4 aromatic rings. The van der Waals surface area contributed by atoms with Crippen LogP contribution in [0.4, 0.5) is 5.13 Å². The molecule has 0 fully saturated rings. The lowest BCUT2D eigenvalue weighted by Gasteiger charge is -2.07. The Bertz CT molecular complexity index is 1060. The first kappa shape index (κ1) is 17.4. The van der Waals surface area contributed by atoms with Crippen molar-refractivity contribution in [1.82, 2.24) is 25.2 Å². The van der Waals surface area contributed by atoms with Crippen LogP contribution in [0.5, 0.6) is 0 Å². The predicted molar refractivity (Wildman–Crippen MR) is 106 cm³/mol. The number of hydrogen-bond acceptors (Lipinski definition) is 7. The van der Waals surface area contributed by atoms with E-state index in [1.807, 2.05) is 29.8 Å². The monoisotopic (exact) mass is 394 g/mol. The molecule has 0 unspecified atom stereocenters. The summed E-state index contributed by atoms with van der Waals surface area (Å²) >= 11 is 3.08. The summed E-state index contributed by atoms with van der Waals surface area (Å²) in [6.07, 6.45) is 3.49. The molecule has 1 amide bonds. The second-order valence-electron chi connectivity index (χ2n) is 5.49. The minimum absolute atomic E-state index is 0.264. The number of amides is 1. The van der Waals surface area contributed by atoms with Crippen molar-refractivity contribution in [3.8, 4) is 16.9 Å². The summed E-state index contributed by atoms with van der Waals surface area (Å²) in [6, 6.07) is 15.3. The van der Waals surface area contributed by atoms with Crippen molar-refractivity contribution in [2.75, 3.05) is 11.6 Å². The Hall–Kier alpha value is -3.04. The first-order chi connectivity index (χ1) is 13.2. The fourth-order valence-electron chi connectivity index (χ4n) is 2.53. The Morgan fingerprint density at radius 1 is 1.15 bits per heavy atom. The Morgan fingerprint density at radius 3 is 2.70 bits per heavy atom. The highest BCUT2D eigenvalue weighted by Gasteiger charge is 2.15. The quantitative estimate of drug-likeness (QED) is 0.519. The molecular formula is C18H14N6OS2. The molecule has 0 spiro atoms. The van der Waals surface area contributed by atoms with Gasteiger partial charge in [0.15, 0.2) is 5.13 Å². The first-order valence-electron chi connectivity index (χ1n) is 7.98. The van der Waals surface area contributed by atoms with Gasteiger partial charge in [-0.2, -0.15) is 4.68 Å². The number of hydrogen-bond donors (Lipinski definition) is 1. The minimum Gasteiger partial charge on any atom is -0.298 e. The van der Waals surface area contributed by atoms with Gasteiger partial charge in [0.05, 0.1) is 16.9 Å². The smallest absolute Gasteiger partial charge is 0.259 e. The summed E-state index contributed by atoms with van der Waals surface area (Å²) in [5.41, 5.74) is 2.91. The van der Waals surface area contributed by atoms with Crippen molar-refractivity contribution in [1.29, 1.82) is 0 Å². The molecule has 0 aliphatic carbocycles. The van der Waals surface area contributed by atoms with Gasteiger partial charge in [0.1, 0.15) is 6.33 Å². The molecule has 0 saturated carbocycles. The Morgan fingerprint density at radius 2 is 1.96 bits per heavy atom. The van der Waals surface area contributed by atoms with Gasteiger partial charge in [-0.05, 0) is 40.9 Å². The fourth-order valence-corrected chi connectivity index (χ4v) is 3.65. The van der Waals surface area contributed by atoms with Crippen molar-refractivity contribution in [3.05, 3.63) is 65.8 Å². The lowest BCUT2D eigenvalue weighted by Crippen LogP contribution is -2.15. The maximum atomic E-state index is 12.7. The highest BCUT2D eigenvalue weighted by atomic mass is 32.2. The number of anilines is 1. The van der Waals surface area contributed by atoms with Crippen molar-refractivity contribution in [3.63, 3.8) is 0 Å². The highest BCUT2D eigenvalue weighted by Crippen LogP contribution is 2.27. The van der Waals surface area contributed by atoms with E-state index >= 15 is 0 Å². The van der Waals surface area contributed by atoms with E-state index in [4.69, 9.17) is 0 Å². The third kappa shape index (κ3) is 3.74. The number of carbonyl (C=O) groups is 1. The molecule has 2 aromatic carbocycles. The van der Waals surface area contributed by atoms with Gasteiger partial charge < -0.3 is 0 Å². The second-order valence-corrected chi connectivity index (χ2v) is 7.23. The summed E-state index contributed by atoms with van der Waals surface area (Å²) in [5, 5.41) is 16.4. The van der Waals surface area contributed by atoms with Gasteiger partial charge in [-0.3, -0.25) is 10.1 Å². The van der Waals surface area contributed by atoms with Gasteiger partial charge in [-0.1, -0.05) is 24.3 Å². The number of carbonyl (C=O) groups excluding carboxylic acids is 1. The van der Waals surface area contributed by atoms with E-state index < -0.39 is 0 Å². The average Bonchev–Trinajstić information content (AvgIpc) is 3.40. The minimum atomic E-state index is -0.264. The molecule has 7 nitrogen and oxygen atoms in total. The van der Waals surface area contributed by atoms with Gasteiger partial charge in [0, 0.05) is 15.8 Å². The van der Waals surface area contributed by atoms with Gasteiger partial charge in [0.25, 0.3) is 5.91 Å². The predicted octanol–water partition coefficient (Wildman–Crippen LogP) is 3.76. The zero-order valence-corrected chi connectivity index (χ0v) is 15.9. The molecule has 134 valence electrons. The molecule has 27 heavy (non-hydrogen) atoms. The van der Waals surface area contributed by atoms with Crippen molar-refractivity contribution in [2.24, 2.45) is 0 Å². The van der Waals surface area contributed by atoms with Gasteiger partial charge in [-0.15, -0.1) is 28.2 Å². The van der Waals surface area contributed by atoms with E-state index in [1.165, 1.54) is 27.2 Å². The van der Waals surface area contributed by atoms with Crippen molar-refractivity contribution >= 4 is 34.1 Å². The zero-order chi connectivity index (χ0) is 18.6. The summed E-state index contributed by atoms with van der Waals surface area (Å²) in [4.78, 5) is 18.5. The van der Waals surface area contributed by atoms with Crippen LogP contribution in [0.15, 0.2) is 65.1 Å². The van der Waals surface area contributed by atoms with E-state index in [0.29, 0.717) is 16.4 Å². The summed E-state index contributed by atoms with van der Waals surface area (Å²) in [5.74, 6) is -0.264. The number of rotatable bonds is 5. The lowest BCUT2D eigenvalue weighted by atomic mass is 10.1. The van der Waals surface area contributed by atoms with E-state index in [-0.39, 0.29) is 5.91 Å².